The van der Waals surface area contributed by atoms with Crippen LogP contribution in [0, 0.1) is 5.41 Å². The van der Waals surface area contributed by atoms with Crippen LogP contribution >= 0.6 is 0 Å². The molecule has 0 heterocycles. The molecule has 0 saturated heterocycles. The number of hydrazine groups is 1. The van der Waals surface area contributed by atoms with Gasteiger partial charge < -0.3 is 0 Å². The molecule has 1 atom stereocenters. The van der Waals surface area contributed by atoms with E-state index >= 15 is 0 Å². The molecule has 1 aromatic carbocycles. The van der Waals surface area contributed by atoms with E-state index in [1.165, 1.54) is 11.1 Å². The van der Waals surface area contributed by atoms with Gasteiger partial charge >= 0.3 is 0 Å². The number of rotatable bonds is 4. The molecule has 0 aromatic heterocycles. The maximum atomic E-state index is 5.66. The molecule has 0 fully saturated rings. The molecule has 0 aliphatic carbocycles. The zero-order valence-electron chi connectivity index (χ0n) is 11.7. The van der Waals surface area contributed by atoms with Crippen LogP contribution in [-0.4, -0.2) is 0 Å². The highest BCUT2D eigenvalue weighted by Gasteiger charge is 2.19. The maximum Gasteiger partial charge on any atom is 0.0464 e. The summed E-state index contributed by atoms with van der Waals surface area (Å²) in [6, 6.07) is 9.01. The maximum absolute atomic E-state index is 5.66. The van der Waals surface area contributed by atoms with E-state index in [1.54, 1.807) is 0 Å². The highest BCUT2D eigenvalue weighted by molar-refractivity contribution is 5.26. The Balaban J connectivity index is 2.82. The second kappa shape index (κ2) is 5.65. The summed E-state index contributed by atoms with van der Waals surface area (Å²) in [5, 5.41) is 0. The SMILES string of the molecule is CC(C)c1ccc(C(CC(C)(C)C)NN)cc1. The van der Waals surface area contributed by atoms with Crippen LogP contribution in [0.3, 0.4) is 0 Å². The Bertz CT molecular complexity index is 333. The van der Waals surface area contributed by atoms with Crippen molar-refractivity contribution >= 4 is 0 Å². The first kappa shape index (κ1) is 14.2. The van der Waals surface area contributed by atoms with Crippen LogP contribution in [0.15, 0.2) is 24.3 Å². The van der Waals surface area contributed by atoms with Crippen molar-refractivity contribution in [3.05, 3.63) is 35.4 Å². The van der Waals surface area contributed by atoms with Crippen LogP contribution < -0.4 is 11.3 Å². The molecule has 0 saturated carbocycles. The molecule has 0 amide bonds. The monoisotopic (exact) mass is 234 g/mol. The Labute approximate surface area is 106 Å². The van der Waals surface area contributed by atoms with E-state index in [0.717, 1.165) is 6.42 Å². The Morgan fingerprint density at radius 2 is 1.53 bits per heavy atom. The Kier molecular flexibility index (Phi) is 4.72. The Morgan fingerprint density at radius 1 is 1.06 bits per heavy atom. The fourth-order valence-corrected chi connectivity index (χ4v) is 2.00. The van der Waals surface area contributed by atoms with Crippen molar-refractivity contribution in [3.8, 4) is 0 Å². The van der Waals surface area contributed by atoms with Gasteiger partial charge in [-0.15, -0.1) is 0 Å². The molecule has 0 aliphatic rings. The van der Waals surface area contributed by atoms with Crippen molar-refractivity contribution in [1.82, 2.24) is 5.43 Å². The quantitative estimate of drug-likeness (QED) is 0.615. The number of benzene rings is 1. The highest BCUT2D eigenvalue weighted by atomic mass is 15.2. The average Bonchev–Trinajstić information content (AvgIpc) is 2.25. The summed E-state index contributed by atoms with van der Waals surface area (Å²) in [7, 11) is 0. The Morgan fingerprint density at radius 3 is 1.88 bits per heavy atom. The largest absolute Gasteiger partial charge is 0.271 e. The van der Waals surface area contributed by atoms with Crippen molar-refractivity contribution in [1.29, 1.82) is 0 Å². The number of nitrogens with one attached hydrogen (secondary N) is 1. The standard InChI is InChI=1S/C15H26N2/c1-11(2)12-6-8-13(9-7-12)14(17-16)10-15(3,4)5/h6-9,11,14,17H,10,16H2,1-5H3. The summed E-state index contributed by atoms with van der Waals surface area (Å²) >= 11 is 0. The normalized spacial score (nSPS) is 14.1. The van der Waals surface area contributed by atoms with Gasteiger partial charge in [0, 0.05) is 6.04 Å². The highest BCUT2D eigenvalue weighted by Crippen LogP contribution is 2.29. The summed E-state index contributed by atoms with van der Waals surface area (Å²) < 4.78 is 0. The molecule has 2 heteroatoms. The molecule has 0 spiro atoms. The van der Waals surface area contributed by atoms with Gasteiger partial charge in [0.2, 0.25) is 0 Å². The van der Waals surface area contributed by atoms with E-state index in [1.807, 2.05) is 0 Å². The zero-order chi connectivity index (χ0) is 13.1. The van der Waals surface area contributed by atoms with Crippen LogP contribution in [0.2, 0.25) is 0 Å². The molecule has 96 valence electrons. The molecule has 1 unspecified atom stereocenters. The third-order valence-electron chi connectivity index (χ3n) is 3.02. The third-order valence-corrected chi connectivity index (χ3v) is 3.02. The summed E-state index contributed by atoms with van der Waals surface area (Å²) in [6.07, 6.45) is 1.03. The summed E-state index contributed by atoms with van der Waals surface area (Å²) in [6.45, 7) is 11.1. The topological polar surface area (TPSA) is 38.0 Å². The lowest BCUT2D eigenvalue weighted by Gasteiger charge is -2.26. The molecular formula is C15H26N2. The van der Waals surface area contributed by atoms with E-state index in [0.29, 0.717) is 5.92 Å². The molecule has 0 bridgehead atoms. The molecule has 0 aliphatic heterocycles. The minimum atomic E-state index is 0.233. The van der Waals surface area contributed by atoms with Gasteiger partial charge in [0.15, 0.2) is 0 Å². The van der Waals surface area contributed by atoms with Crippen LogP contribution in [0.5, 0.6) is 0 Å². The third kappa shape index (κ3) is 4.49. The average molecular weight is 234 g/mol. The number of nitrogens with two attached hydrogens (primary N) is 1. The number of hydrogen-bond acceptors (Lipinski definition) is 2. The second-order valence-corrected chi connectivity index (χ2v) is 6.31. The van der Waals surface area contributed by atoms with Crippen molar-refractivity contribution in [2.75, 3.05) is 0 Å². The van der Waals surface area contributed by atoms with Crippen LogP contribution in [-0.2, 0) is 0 Å². The van der Waals surface area contributed by atoms with Crippen LogP contribution in [0.1, 0.15) is 64.1 Å². The van der Waals surface area contributed by atoms with Gasteiger partial charge in [-0.3, -0.25) is 11.3 Å². The van der Waals surface area contributed by atoms with E-state index in [2.05, 4.69) is 64.3 Å². The minimum Gasteiger partial charge on any atom is -0.271 e. The molecular weight excluding hydrogens is 208 g/mol. The van der Waals surface area contributed by atoms with Gasteiger partial charge in [-0.2, -0.15) is 0 Å². The van der Waals surface area contributed by atoms with E-state index in [9.17, 15) is 0 Å². The van der Waals surface area contributed by atoms with Crippen molar-refractivity contribution in [2.24, 2.45) is 11.3 Å². The van der Waals surface area contributed by atoms with Crippen molar-refractivity contribution < 1.29 is 0 Å². The smallest absolute Gasteiger partial charge is 0.0464 e. The molecule has 17 heavy (non-hydrogen) atoms. The molecule has 1 aromatic rings. The summed E-state index contributed by atoms with van der Waals surface area (Å²) in [5.74, 6) is 6.24. The minimum absolute atomic E-state index is 0.233. The lowest BCUT2D eigenvalue weighted by Crippen LogP contribution is -2.31. The Hall–Kier alpha value is -0.860. The van der Waals surface area contributed by atoms with Crippen molar-refractivity contribution in [3.63, 3.8) is 0 Å². The predicted molar refractivity (Wildman–Crippen MR) is 74.7 cm³/mol. The molecule has 0 radical (unpaired) electrons. The van der Waals surface area contributed by atoms with Crippen LogP contribution in [0.25, 0.3) is 0 Å². The molecule has 1 rings (SSSR count). The number of hydrogen-bond donors (Lipinski definition) is 2. The lowest BCUT2D eigenvalue weighted by molar-refractivity contribution is 0.313. The molecule has 2 nitrogen and oxygen atoms in total. The van der Waals surface area contributed by atoms with E-state index < -0.39 is 0 Å². The summed E-state index contributed by atoms with van der Waals surface area (Å²) in [5.41, 5.74) is 5.84. The van der Waals surface area contributed by atoms with Crippen molar-refractivity contribution in [2.45, 2.75) is 53.0 Å². The molecule has 3 N–H and O–H groups in total. The first-order valence-corrected chi connectivity index (χ1v) is 6.39. The van der Waals surface area contributed by atoms with Crippen LogP contribution in [0.4, 0.5) is 0 Å². The van der Waals surface area contributed by atoms with E-state index in [-0.39, 0.29) is 11.5 Å². The fourth-order valence-electron chi connectivity index (χ4n) is 2.00. The van der Waals surface area contributed by atoms with Gasteiger partial charge in [0.1, 0.15) is 0 Å². The lowest BCUT2D eigenvalue weighted by atomic mass is 9.85. The van der Waals surface area contributed by atoms with E-state index in [4.69, 9.17) is 5.84 Å². The van der Waals surface area contributed by atoms with Gasteiger partial charge in [0.25, 0.3) is 0 Å². The van der Waals surface area contributed by atoms with Gasteiger partial charge in [-0.25, -0.2) is 0 Å². The fraction of sp³-hybridized carbons (Fsp3) is 0.600. The van der Waals surface area contributed by atoms with Gasteiger partial charge in [-0.1, -0.05) is 58.9 Å². The van der Waals surface area contributed by atoms with Gasteiger partial charge in [0.05, 0.1) is 0 Å². The predicted octanol–water partition coefficient (Wildman–Crippen LogP) is 3.75. The first-order chi connectivity index (χ1) is 7.83. The first-order valence-electron chi connectivity index (χ1n) is 6.39. The zero-order valence-corrected chi connectivity index (χ0v) is 11.7. The summed E-state index contributed by atoms with van der Waals surface area (Å²) in [4.78, 5) is 0. The van der Waals surface area contributed by atoms with Gasteiger partial charge in [-0.05, 0) is 28.9 Å². The second-order valence-electron chi connectivity index (χ2n) is 6.31.